The number of nitrogens with zero attached hydrogens (tertiary/aromatic N) is 6. The molecule has 1 saturated heterocycles. The normalized spacial score (nSPS) is 15.9. The lowest BCUT2D eigenvalue weighted by Crippen LogP contribution is -2.37. The summed E-state index contributed by atoms with van der Waals surface area (Å²) in [6.45, 7) is 4.33. The molecule has 4 heterocycles. The van der Waals surface area contributed by atoms with Crippen molar-refractivity contribution in [3.63, 3.8) is 0 Å². The summed E-state index contributed by atoms with van der Waals surface area (Å²) in [6, 6.07) is 16.0. The van der Waals surface area contributed by atoms with E-state index >= 15 is 0 Å². The molecule has 0 amide bonds. The van der Waals surface area contributed by atoms with Crippen molar-refractivity contribution in [2.75, 3.05) is 30.4 Å². The molecule has 12 heteroatoms. The van der Waals surface area contributed by atoms with E-state index in [1.54, 1.807) is 41.5 Å². The van der Waals surface area contributed by atoms with Gasteiger partial charge in [-0.3, -0.25) is 9.97 Å². The molecule has 1 aliphatic heterocycles. The maximum absolute atomic E-state index is 14.0. The molecule has 1 aliphatic rings. The molecular formula is C31H29BClFN8O. The van der Waals surface area contributed by atoms with Crippen LogP contribution in [0.15, 0.2) is 73.3 Å². The summed E-state index contributed by atoms with van der Waals surface area (Å²) in [5, 5.41) is 27.1. The second kappa shape index (κ2) is 11.6. The average molecular weight is 595 g/mol. The molecule has 5 aromatic rings. The minimum atomic E-state index is -0.950. The van der Waals surface area contributed by atoms with Gasteiger partial charge in [0.05, 0.1) is 45.3 Å². The molecule has 43 heavy (non-hydrogen) atoms. The van der Waals surface area contributed by atoms with Crippen LogP contribution in [0.2, 0.25) is 5.02 Å². The molecular weight excluding hydrogens is 566 g/mol. The summed E-state index contributed by atoms with van der Waals surface area (Å²) in [5.74, 6) is -0.345. The highest BCUT2D eigenvalue weighted by molar-refractivity contribution is 6.36. The third-order valence-corrected chi connectivity index (χ3v) is 8.46. The highest BCUT2D eigenvalue weighted by Gasteiger charge is 2.33. The van der Waals surface area contributed by atoms with Gasteiger partial charge in [-0.2, -0.15) is 5.26 Å². The zero-order chi connectivity index (χ0) is 30.0. The molecule has 3 aromatic heterocycles. The van der Waals surface area contributed by atoms with E-state index in [0.29, 0.717) is 58.3 Å². The first-order valence-corrected chi connectivity index (χ1v) is 14.4. The number of halogens is 2. The highest BCUT2D eigenvalue weighted by Crippen LogP contribution is 2.38. The van der Waals surface area contributed by atoms with E-state index in [9.17, 15) is 9.65 Å². The van der Waals surface area contributed by atoms with Crippen molar-refractivity contribution in [3.05, 3.63) is 101 Å². The fourth-order valence-corrected chi connectivity index (χ4v) is 5.68. The first-order valence-electron chi connectivity index (χ1n) is 14.0. The van der Waals surface area contributed by atoms with Crippen LogP contribution in [0.5, 0.6) is 0 Å². The third kappa shape index (κ3) is 5.76. The Morgan fingerprint density at radius 2 is 1.98 bits per heavy atom. The Balaban J connectivity index is 1.42. The molecule has 1 unspecified atom stereocenters. The molecule has 0 radical (unpaired) electrons. The van der Waals surface area contributed by atoms with Gasteiger partial charge in [-0.25, -0.2) is 9.07 Å². The van der Waals surface area contributed by atoms with E-state index in [1.165, 1.54) is 12.1 Å². The van der Waals surface area contributed by atoms with Gasteiger partial charge in [0, 0.05) is 43.2 Å². The number of fused-ring (bicyclic) bond motifs is 1. The zero-order valence-electron chi connectivity index (χ0n) is 23.8. The Labute approximate surface area is 254 Å². The van der Waals surface area contributed by atoms with Crippen LogP contribution in [0.1, 0.15) is 36.6 Å². The monoisotopic (exact) mass is 594 g/mol. The van der Waals surface area contributed by atoms with Crippen molar-refractivity contribution < 1.29 is 9.13 Å². The largest absolute Gasteiger partial charge is 0.383 e. The standard InChI is InChI=1S/C31H29BClFN8O/c1-30(8-11-43-12-9-30)19-38-28-20(15-35)16-37-29-25(28)13-23(14-26(29)33)39-31(32,21-4-6-22(34)7-5-21)27-18-42(41-40-27)24-3-2-10-36-17-24/h2-7,10,13-14,16-18,39H,8-9,11-12,19,32H2,1H3,(H,37,38). The van der Waals surface area contributed by atoms with E-state index in [1.807, 2.05) is 32.2 Å². The topological polar surface area (TPSA) is 114 Å². The Hall–Kier alpha value is -4.53. The van der Waals surface area contributed by atoms with Gasteiger partial charge in [0.2, 0.25) is 0 Å². The number of nitriles is 1. The quantitative estimate of drug-likeness (QED) is 0.240. The zero-order valence-corrected chi connectivity index (χ0v) is 24.6. The molecule has 0 spiro atoms. The third-order valence-electron chi connectivity index (χ3n) is 8.17. The van der Waals surface area contributed by atoms with E-state index < -0.39 is 5.44 Å². The molecule has 6 rings (SSSR count). The second-order valence-electron chi connectivity index (χ2n) is 11.3. The summed E-state index contributed by atoms with van der Waals surface area (Å²) in [7, 11) is 1.95. The van der Waals surface area contributed by atoms with Gasteiger partial charge < -0.3 is 15.4 Å². The van der Waals surface area contributed by atoms with Gasteiger partial charge in [0.1, 0.15) is 25.4 Å². The van der Waals surface area contributed by atoms with Gasteiger partial charge in [-0.05, 0) is 60.2 Å². The molecule has 216 valence electrons. The molecule has 0 saturated carbocycles. The number of anilines is 2. The van der Waals surface area contributed by atoms with Crippen molar-refractivity contribution in [2.45, 2.75) is 25.2 Å². The summed E-state index contributed by atoms with van der Waals surface area (Å²) in [6.07, 6.45) is 8.60. The first-order chi connectivity index (χ1) is 20.8. The van der Waals surface area contributed by atoms with Gasteiger partial charge in [0.25, 0.3) is 0 Å². The number of benzene rings is 2. The van der Waals surface area contributed by atoms with Crippen molar-refractivity contribution >= 4 is 41.7 Å². The maximum atomic E-state index is 14.0. The average Bonchev–Trinajstić information content (AvgIpc) is 3.52. The Morgan fingerprint density at radius 1 is 1.19 bits per heavy atom. The van der Waals surface area contributed by atoms with Crippen LogP contribution in [-0.4, -0.2) is 52.6 Å². The van der Waals surface area contributed by atoms with Gasteiger partial charge in [-0.15, -0.1) is 5.10 Å². The van der Waals surface area contributed by atoms with E-state index in [-0.39, 0.29) is 11.2 Å². The predicted molar refractivity (Wildman–Crippen MR) is 167 cm³/mol. The fraction of sp³-hybridized carbons (Fsp3) is 0.258. The van der Waals surface area contributed by atoms with Crippen LogP contribution >= 0.6 is 11.6 Å². The van der Waals surface area contributed by atoms with Gasteiger partial charge >= 0.3 is 0 Å². The number of ether oxygens (including phenoxy) is 1. The minimum Gasteiger partial charge on any atom is -0.383 e. The lowest BCUT2D eigenvalue weighted by molar-refractivity contribution is 0.0300. The Morgan fingerprint density at radius 3 is 2.70 bits per heavy atom. The minimum absolute atomic E-state index is 0.0292. The molecule has 2 N–H and O–H groups in total. The molecule has 2 aromatic carbocycles. The van der Waals surface area contributed by atoms with Crippen molar-refractivity contribution in [1.82, 2.24) is 25.0 Å². The van der Waals surface area contributed by atoms with Crippen LogP contribution in [0.4, 0.5) is 15.8 Å². The van der Waals surface area contributed by atoms with Crippen LogP contribution < -0.4 is 10.6 Å². The smallest absolute Gasteiger partial charge is 0.148 e. The first kappa shape index (κ1) is 28.6. The summed E-state index contributed by atoms with van der Waals surface area (Å²) < 4.78 is 21.2. The van der Waals surface area contributed by atoms with Crippen molar-refractivity contribution in [2.24, 2.45) is 5.41 Å². The molecule has 0 bridgehead atoms. The van der Waals surface area contributed by atoms with Crippen LogP contribution in [-0.2, 0) is 10.2 Å². The number of rotatable bonds is 8. The van der Waals surface area contributed by atoms with Crippen molar-refractivity contribution in [1.29, 1.82) is 5.26 Å². The van der Waals surface area contributed by atoms with Gasteiger partial charge in [-0.1, -0.05) is 35.9 Å². The van der Waals surface area contributed by atoms with E-state index in [4.69, 9.17) is 16.3 Å². The lowest BCUT2D eigenvalue weighted by atomic mass is 9.69. The maximum Gasteiger partial charge on any atom is 0.148 e. The highest BCUT2D eigenvalue weighted by atomic mass is 35.5. The number of pyridine rings is 2. The SMILES string of the molecule is BC(Nc1cc(Cl)c2ncc(C#N)c(NCC3(C)CCOCC3)c2c1)(c1ccc(F)cc1)c1cn(-c2cccnc2)nn1. The van der Waals surface area contributed by atoms with E-state index in [2.05, 4.69) is 43.9 Å². The van der Waals surface area contributed by atoms with Crippen molar-refractivity contribution in [3.8, 4) is 11.8 Å². The molecule has 1 atom stereocenters. The number of aromatic nitrogens is 5. The molecule has 1 fully saturated rings. The molecule has 9 nitrogen and oxygen atoms in total. The lowest BCUT2D eigenvalue weighted by Gasteiger charge is -2.34. The fourth-order valence-electron chi connectivity index (χ4n) is 5.41. The summed E-state index contributed by atoms with van der Waals surface area (Å²) in [4.78, 5) is 8.69. The van der Waals surface area contributed by atoms with Gasteiger partial charge in [0.15, 0.2) is 0 Å². The Bertz CT molecular complexity index is 1810. The molecule has 0 aliphatic carbocycles. The van der Waals surface area contributed by atoms with E-state index in [0.717, 1.165) is 24.1 Å². The predicted octanol–water partition coefficient (Wildman–Crippen LogP) is 5.05. The van der Waals surface area contributed by atoms with Crippen LogP contribution in [0.3, 0.4) is 0 Å². The second-order valence-corrected chi connectivity index (χ2v) is 11.7. The van der Waals surface area contributed by atoms with Crippen LogP contribution in [0, 0.1) is 22.6 Å². The van der Waals surface area contributed by atoms with Crippen LogP contribution in [0.25, 0.3) is 16.6 Å². The summed E-state index contributed by atoms with van der Waals surface area (Å²) >= 11 is 6.81. The number of hydrogen-bond donors (Lipinski definition) is 2. The number of hydrogen-bond acceptors (Lipinski definition) is 8. The Kier molecular flexibility index (Phi) is 7.73. The summed E-state index contributed by atoms with van der Waals surface area (Å²) in [5.41, 5.74) is 3.53. The number of nitrogens with one attached hydrogen (secondary N) is 2.